The molecule has 8 nitrogen and oxygen atoms in total. The van der Waals surface area contributed by atoms with Crippen LogP contribution in [0.4, 0.5) is 0 Å². The van der Waals surface area contributed by atoms with Gasteiger partial charge in [-0.3, -0.25) is 4.40 Å². The number of rotatable bonds is 5. The van der Waals surface area contributed by atoms with E-state index in [0.717, 1.165) is 29.5 Å². The quantitative estimate of drug-likeness (QED) is 0.322. The molecule has 3 heterocycles. The summed E-state index contributed by atoms with van der Waals surface area (Å²) in [6.07, 6.45) is 1.85. The molecule has 9 heteroatoms. The molecule has 4 rings (SSSR count). The van der Waals surface area contributed by atoms with Crippen molar-refractivity contribution in [1.82, 2.24) is 25.2 Å². The molecular formula is C19H23IN6O2. The Morgan fingerprint density at radius 3 is 2.82 bits per heavy atom. The van der Waals surface area contributed by atoms with E-state index in [1.54, 1.807) is 0 Å². The van der Waals surface area contributed by atoms with Crippen LogP contribution in [0.2, 0.25) is 0 Å². The Morgan fingerprint density at radius 2 is 1.96 bits per heavy atom. The first kappa shape index (κ1) is 20.2. The fourth-order valence-electron chi connectivity index (χ4n) is 2.86. The largest absolute Gasteiger partial charge is 0.486 e. The number of para-hydroxylation sites is 2. The van der Waals surface area contributed by atoms with Crippen molar-refractivity contribution in [1.29, 1.82) is 0 Å². The van der Waals surface area contributed by atoms with Crippen LogP contribution >= 0.6 is 24.0 Å². The van der Waals surface area contributed by atoms with Crippen LogP contribution in [0.1, 0.15) is 12.7 Å². The number of aliphatic imine (C=N–C) groups is 1. The second-order valence-electron chi connectivity index (χ2n) is 6.12. The zero-order chi connectivity index (χ0) is 18.5. The van der Waals surface area contributed by atoms with E-state index in [9.17, 15) is 0 Å². The van der Waals surface area contributed by atoms with Crippen LogP contribution in [0, 0.1) is 0 Å². The van der Waals surface area contributed by atoms with Gasteiger partial charge < -0.3 is 20.1 Å². The number of aromatic nitrogens is 3. The number of nitrogens with one attached hydrogen (secondary N) is 2. The Hall–Kier alpha value is -2.56. The van der Waals surface area contributed by atoms with Gasteiger partial charge in [0.25, 0.3) is 0 Å². The molecule has 1 aliphatic rings. The standard InChI is InChI=1S/C19H22N6O2.HI/c1-2-20-19(22-12-18-24-23-17-9-5-6-10-25(17)18)21-11-14-13-26-15-7-3-4-8-16(15)27-14;/h3-10,14H,2,11-13H2,1H3,(H2,20,21,22);1H. The van der Waals surface area contributed by atoms with Gasteiger partial charge in [0.05, 0.1) is 6.54 Å². The zero-order valence-electron chi connectivity index (χ0n) is 15.5. The predicted octanol–water partition coefficient (Wildman–Crippen LogP) is 2.24. The van der Waals surface area contributed by atoms with Crippen LogP contribution in [0.5, 0.6) is 11.5 Å². The first-order valence-electron chi connectivity index (χ1n) is 9.03. The van der Waals surface area contributed by atoms with Crippen molar-refractivity contribution < 1.29 is 9.47 Å². The van der Waals surface area contributed by atoms with E-state index in [1.807, 2.05) is 60.0 Å². The highest BCUT2D eigenvalue weighted by Crippen LogP contribution is 2.30. The molecule has 0 saturated carbocycles. The van der Waals surface area contributed by atoms with Crippen molar-refractivity contribution in [2.45, 2.75) is 19.6 Å². The fraction of sp³-hybridized carbons (Fsp3) is 0.316. The summed E-state index contributed by atoms with van der Waals surface area (Å²) in [5.74, 6) is 3.04. The van der Waals surface area contributed by atoms with E-state index in [2.05, 4.69) is 25.8 Å². The molecule has 0 amide bonds. The minimum absolute atomic E-state index is 0. The molecule has 2 N–H and O–H groups in total. The number of guanidine groups is 1. The summed E-state index contributed by atoms with van der Waals surface area (Å²) in [4.78, 5) is 4.61. The summed E-state index contributed by atoms with van der Waals surface area (Å²) in [7, 11) is 0. The van der Waals surface area contributed by atoms with E-state index >= 15 is 0 Å². The van der Waals surface area contributed by atoms with Crippen molar-refractivity contribution in [3.05, 3.63) is 54.5 Å². The van der Waals surface area contributed by atoms with Gasteiger partial charge in [-0.15, -0.1) is 34.2 Å². The average molecular weight is 494 g/mol. The van der Waals surface area contributed by atoms with Crippen molar-refractivity contribution >= 4 is 35.6 Å². The summed E-state index contributed by atoms with van der Waals surface area (Å²) in [5, 5.41) is 14.9. The maximum absolute atomic E-state index is 5.97. The first-order valence-corrected chi connectivity index (χ1v) is 9.03. The highest BCUT2D eigenvalue weighted by molar-refractivity contribution is 14.0. The SMILES string of the molecule is CCNC(=NCc1nnc2ccccn12)NCC1COc2ccccc2O1.I. The Balaban J connectivity index is 0.00000225. The first-order chi connectivity index (χ1) is 13.3. The number of fused-ring (bicyclic) bond motifs is 2. The van der Waals surface area contributed by atoms with Crippen LogP contribution in [0.25, 0.3) is 5.65 Å². The molecule has 0 radical (unpaired) electrons. The number of halogens is 1. The normalized spacial score (nSPS) is 15.8. The second kappa shape index (κ2) is 9.58. The molecule has 0 spiro atoms. The van der Waals surface area contributed by atoms with E-state index in [1.165, 1.54) is 0 Å². The number of hydrogen-bond acceptors (Lipinski definition) is 5. The Bertz CT molecular complexity index is 945. The third-order valence-electron chi connectivity index (χ3n) is 4.17. The third-order valence-corrected chi connectivity index (χ3v) is 4.17. The lowest BCUT2D eigenvalue weighted by molar-refractivity contribution is 0.0936. The van der Waals surface area contributed by atoms with Gasteiger partial charge in [-0.2, -0.15) is 0 Å². The second-order valence-corrected chi connectivity index (χ2v) is 6.12. The lowest BCUT2D eigenvalue weighted by Gasteiger charge is -2.27. The monoisotopic (exact) mass is 494 g/mol. The molecule has 0 bridgehead atoms. The third kappa shape index (κ3) is 4.64. The molecule has 0 saturated heterocycles. The predicted molar refractivity (Wildman–Crippen MR) is 118 cm³/mol. The Labute approximate surface area is 180 Å². The minimum Gasteiger partial charge on any atom is -0.486 e. The van der Waals surface area contributed by atoms with Crippen LogP contribution in [0.15, 0.2) is 53.7 Å². The average Bonchev–Trinajstić information content (AvgIpc) is 3.13. The molecular weight excluding hydrogens is 471 g/mol. The van der Waals surface area contributed by atoms with Crippen molar-refractivity contribution in [2.75, 3.05) is 19.7 Å². The van der Waals surface area contributed by atoms with E-state index < -0.39 is 0 Å². The number of pyridine rings is 1. The number of ether oxygens (including phenoxy) is 2. The number of benzene rings is 1. The van der Waals surface area contributed by atoms with Gasteiger partial charge >= 0.3 is 0 Å². The van der Waals surface area contributed by atoms with Gasteiger partial charge in [-0.1, -0.05) is 18.2 Å². The molecule has 1 unspecified atom stereocenters. The highest BCUT2D eigenvalue weighted by Gasteiger charge is 2.20. The van der Waals surface area contributed by atoms with Gasteiger partial charge in [0.2, 0.25) is 0 Å². The Morgan fingerprint density at radius 1 is 1.14 bits per heavy atom. The van der Waals surface area contributed by atoms with Crippen molar-refractivity contribution in [2.24, 2.45) is 4.99 Å². The molecule has 1 aromatic carbocycles. The van der Waals surface area contributed by atoms with Crippen LogP contribution < -0.4 is 20.1 Å². The topological polar surface area (TPSA) is 85.1 Å². The molecule has 3 aromatic rings. The van der Waals surface area contributed by atoms with Gasteiger partial charge in [0, 0.05) is 12.7 Å². The highest BCUT2D eigenvalue weighted by atomic mass is 127. The number of nitrogens with zero attached hydrogens (tertiary/aromatic N) is 4. The summed E-state index contributed by atoms with van der Waals surface area (Å²) < 4.78 is 13.7. The van der Waals surface area contributed by atoms with Crippen LogP contribution in [0.3, 0.4) is 0 Å². The molecule has 0 aliphatic carbocycles. The van der Waals surface area contributed by atoms with E-state index in [0.29, 0.717) is 25.7 Å². The lowest BCUT2D eigenvalue weighted by atomic mass is 10.2. The van der Waals surface area contributed by atoms with E-state index in [4.69, 9.17) is 9.47 Å². The smallest absolute Gasteiger partial charge is 0.191 e. The maximum Gasteiger partial charge on any atom is 0.191 e. The van der Waals surface area contributed by atoms with Gasteiger partial charge in [-0.25, -0.2) is 4.99 Å². The maximum atomic E-state index is 5.97. The Kier molecular flexibility index (Phi) is 6.90. The summed E-state index contributed by atoms with van der Waals surface area (Å²) in [6, 6.07) is 13.5. The van der Waals surface area contributed by atoms with Gasteiger partial charge in [0.1, 0.15) is 19.3 Å². The van der Waals surface area contributed by atoms with E-state index in [-0.39, 0.29) is 30.1 Å². The van der Waals surface area contributed by atoms with Crippen LogP contribution in [-0.4, -0.2) is 46.4 Å². The summed E-state index contributed by atoms with van der Waals surface area (Å²) in [5.41, 5.74) is 0.812. The van der Waals surface area contributed by atoms with Crippen LogP contribution in [-0.2, 0) is 6.54 Å². The van der Waals surface area contributed by atoms with Crippen molar-refractivity contribution in [3.63, 3.8) is 0 Å². The molecule has 148 valence electrons. The zero-order valence-corrected chi connectivity index (χ0v) is 17.9. The molecule has 1 aliphatic heterocycles. The molecule has 28 heavy (non-hydrogen) atoms. The molecule has 2 aromatic heterocycles. The van der Waals surface area contributed by atoms with Gasteiger partial charge in [0.15, 0.2) is 28.9 Å². The molecule has 0 fully saturated rings. The minimum atomic E-state index is -0.0855. The van der Waals surface area contributed by atoms with Gasteiger partial charge in [-0.05, 0) is 31.2 Å². The van der Waals surface area contributed by atoms with Crippen molar-refractivity contribution in [3.8, 4) is 11.5 Å². The lowest BCUT2D eigenvalue weighted by Crippen LogP contribution is -2.45. The summed E-state index contributed by atoms with van der Waals surface area (Å²) >= 11 is 0. The fourth-order valence-corrected chi connectivity index (χ4v) is 2.86. The molecule has 1 atom stereocenters. The summed E-state index contributed by atoms with van der Waals surface area (Å²) in [6.45, 7) is 4.29. The number of hydrogen-bond donors (Lipinski definition) is 2.